The zero-order valence-electron chi connectivity index (χ0n) is 19.3. The molecule has 0 aliphatic rings. The highest BCUT2D eigenvalue weighted by atomic mass is 32.2. The molecule has 1 amide bonds. The van der Waals surface area contributed by atoms with Crippen LogP contribution in [-0.4, -0.2) is 33.5 Å². The smallest absolute Gasteiger partial charge is 0.230 e. The fourth-order valence-electron chi connectivity index (χ4n) is 3.79. The maximum Gasteiger partial charge on any atom is 0.230 e. The lowest BCUT2D eigenvalue weighted by Gasteiger charge is -2.19. The van der Waals surface area contributed by atoms with E-state index in [4.69, 9.17) is 4.74 Å². The normalized spacial score (nSPS) is 11.7. The first-order chi connectivity index (χ1) is 16.7. The molecule has 0 saturated heterocycles. The van der Waals surface area contributed by atoms with Gasteiger partial charge in [-0.2, -0.15) is 0 Å². The summed E-state index contributed by atoms with van der Waals surface area (Å²) in [6.07, 6.45) is 0.730. The number of hydrogen-bond donors (Lipinski definition) is 1. The molecule has 0 fully saturated rings. The van der Waals surface area contributed by atoms with Crippen LogP contribution in [0.2, 0.25) is 0 Å². The average Bonchev–Trinajstić information content (AvgIpc) is 3.31. The minimum Gasteiger partial charge on any atom is -0.497 e. The van der Waals surface area contributed by atoms with E-state index in [1.807, 2.05) is 72.2 Å². The third kappa shape index (κ3) is 5.85. The number of aromatic nitrogens is 3. The van der Waals surface area contributed by atoms with Crippen LogP contribution < -0.4 is 10.1 Å². The first-order valence-corrected chi connectivity index (χ1v) is 12.2. The van der Waals surface area contributed by atoms with Crippen LogP contribution in [0.4, 0.5) is 0 Å². The van der Waals surface area contributed by atoms with Crippen molar-refractivity contribution >= 4 is 17.7 Å². The van der Waals surface area contributed by atoms with Gasteiger partial charge in [0.1, 0.15) is 5.75 Å². The zero-order valence-corrected chi connectivity index (χ0v) is 20.2. The van der Waals surface area contributed by atoms with Crippen molar-refractivity contribution in [2.75, 3.05) is 12.9 Å². The predicted molar refractivity (Wildman–Crippen MR) is 136 cm³/mol. The molecule has 3 aromatic carbocycles. The number of nitrogens with zero attached hydrogens (tertiary/aromatic N) is 3. The van der Waals surface area contributed by atoms with E-state index in [9.17, 15) is 4.79 Å². The molecule has 0 saturated carbocycles. The number of nitrogens with one attached hydrogen (secondary N) is 1. The second-order valence-corrected chi connectivity index (χ2v) is 8.73. The van der Waals surface area contributed by atoms with Crippen LogP contribution in [0, 0.1) is 0 Å². The van der Waals surface area contributed by atoms with Crippen molar-refractivity contribution in [1.82, 2.24) is 20.1 Å². The number of thioether (sulfide) groups is 1. The summed E-state index contributed by atoms with van der Waals surface area (Å²) in [6.45, 7) is 2.75. The first-order valence-electron chi connectivity index (χ1n) is 11.3. The number of methoxy groups -OCH3 is 1. The summed E-state index contributed by atoms with van der Waals surface area (Å²) >= 11 is 1.40. The number of carbonyl (C=O) groups excluding carboxylic acids is 1. The van der Waals surface area contributed by atoms with Gasteiger partial charge < -0.3 is 14.6 Å². The van der Waals surface area contributed by atoms with Crippen LogP contribution in [0.1, 0.15) is 24.1 Å². The summed E-state index contributed by atoms with van der Waals surface area (Å²) in [7, 11) is 1.64. The van der Waals surface area contributed by atoms with Gasteiger partial charge >= 0.3 is 0 Å². The Morgan fingerprint density at radius 3 is 2.29 bits per heavy atom. The second-order valence-electron chi connectivity index (χ2n) is 7.79. The van der Waals surface area contributed by atoms with E-state index >= 15 is 0 Å². The van der Waals surface area contributed by atoms with Gasteiger partial charge in [0.2, 0.25) is 5.91 Å². The van der Waals surface area contributed by atoms with Gasteiger partial charge in [0.25, 0.3) is 0 Å². The standard InChI is InChI=1S/C27H28N4O2S/c1-3-31-26(22-14-16-23(33-2)17-15-22)29-30-27(31)34-19-25(32)28-24(21-12-8-5-9-13-21)18-20-10-6-4-7-11-20/h4-17,24H,3,18-19H2,1-2H3,(H,28,32). The Labute approximate surface area is 204 Å². The molecule has 0 radical (unpaired) electrons. The number of ether oxygens (including phenoxy) is 1. The van der Waals surface area contributed by atoms with Crippen molar-refractivity contribution in [1.29, 1.82) is 0 Å². The minimum absolute atomic E-state index is 0.0357. The highest BCUT2D eigenvalue weighted by molar-refractivity contribution is 7.99. The Bertz CT molecular complexity index is 1190. The Hall–Kier alpha value is -3.58. The first kappa shape index (κ1) is 23.6. The van der Waals surface area contributed by atoms with Crippen LogP contribution in [0.15, 0.2) is 90.1 Å². The molecule has 1 atom stereocenters. The summed E-state index contributed by atoms with van der Waals surface area (Å²) in [6, 6.07) is 27.9. The number of rotatable bonds is 10. The summed E-state index contributed by atoms with van der Waals surface area (Å²) < 4.78 is 7.27. The molecule has 1 N–H and O–H groups in total. The van der Waals surface area contributed by atoms with Crippen molar-refractivity contribution < 1.29 is 9.53 Å². The van der Waals surface area contributed by atoms with E-state index in [2.05, 4.69) is 39.8 Å². The van der Waals surface area contributed by atoms with E-state index in [1.54, 1.807) is 7.11 Å². The third-order valence-corrected chi connectivity index (χ3v) is 6.50. The van der Waals surface area contributed by atoms with Crippen molar-refractivity contribution in [3.05, 3.63) is 96.1 Å². The van der Waals surface area contributed by atoms with Crippen molar-refractivity contribution in [2.45, 2.75) is 31.1 Å². The van der Waals surface area contributed by atoms with E-state index in [0.29, 0.717) is 6.54 Å². The van der Waals surface area contributed by atoms with Crippen molar-refractivity contribution in [2.24, 2.45) is 0 Å². The molecule has 4 rings (SSSR count). The summed E-state index contributed by atoms with van der Waals surface area (Å²) in [5.41, 5.74) is 3.22. The quantitative estimate of drug-likeness (QED) is 0.323. The van der Waals surface area contributed by atoms with Gasteiger partial charge in [-0.25, -0.2) is 0 Å². The monoisotopic (exact) mass is 472 g/mol. The van der Waals surface area contributed by atoms with Crippen molar-refractivity contribution in [3.63, 3.8) is 0 Å². The Morgan fingerprint density at radius 1 is 0.971 bits per heavy atom. The van der Waals surface area contributed by atoms with Gasteiger partial charge in [-0.15, -0.1) is 10.2 Å². The van der Waals surface area contributed by atoms with Gasteiger partial charge in [-0.05, 0) is 48.7 Å². The Morgan fingerprint density at radius 2 is 1.65 bits per heavy atom. The molecule has 0 bridgehead atoms. The van der Waals surface area contributed by atoms with Crippen LogP contribution in [0.5, 0.6) is 5.75 Å². The molecule has 34 heavy (non-hydrogen) atoms. The molecule has 0 aliphatic heterocycles. The highest BCUT2D eigenvalue weighted by Gasteiger charge is 2.18. The maximum absolute atomic E-state index is 12.9. The molecule has 1 aromatic heterocycles. The molecule has 0 spiro atoms. The maximum atomic E-state index is 12.9. The molecule has 4 aromatic rings. The highest BCUT2D eigenvalue weighted by Crippen LogP contribution is 2.26. The molecule has 1 unspecified atom stereocenters. The summed E-state index contributed by atoms with van der Waals surface area (Å²) in [5, 5.41) is 12.7. The van der Waals surface area contributed by atoms with Crippen LogP contribution in [0.3, 0.4) is 0 Å². The van der Waals surface area contributed by atoms with Gasteiger partial charge in [-0.3, -0.25) is 4.79 Å². The minimum atomic E-state index is -0.101. The number of benzene rings is 3. The molecular weight excluding hydrogens is 444 g/mol. The molecule has 1 heterocycles. The van der Waals surface area contributed by atoms with Gasteiger partial charge in [0.05, 0.1) is 18.9 Å². The Kier molecular flexibility index (Phi) is 7.99. The molecule has 7 heteroatoms. The predicted octanol–water partition coefficient (Wildman–Crippen LogP) is 5.17. The van der Waals surface area contributed by atoms with Crippen LogP contribution in [0.25, 0.3) is 11.4 Å². The molecule has 0 aliphatic carbocycles. The third-order valence-electron chi connectivity index (χ3n) is 5.53. The molecule has 6 nitrogen and oxygen atoms in total. The number of amides is 1. The van der Waals surface area contributed by atoms with Gasteiger partial charge in [0.15, 0.2) is 11.0 Å². The van der Waals surface area contributed by atoms with E-state index in [1.165, 1.54) is 17.3 Å². The van der Waals surface area contributed by atoms with E-state index in [-0.39, 0.29) is 17.7 Å². The number of carbonyl (C=O) groups is 1. The SMILES string of the molecule is CCn1c(SCC(=O)NC(Cc2ccccc2)c2ccccc2)nnc1-c1ccc(OC)cc1. The zero-order chi connectivity index (χ0) is 23.8. The summed E-state index contributed by atoms with van der Waals surface area (Å²) in [4.78, 5) is 12.9. The molecule has 174 valence electrons. The molecular formula is C27H28N4O2S. The van der Waals surface area contributed by atoms with E-state index in [0.717, 1.165) is 34.3 Å². The topological polar surface area (TPSA) is 69.0 Å². The lowest BCUT2D eigenvalue weighted by Crippen LogP contribution is -2.31. The fraction of sp³-hybridized carbons (Fsp3) is 0.222. The number of hydrogen-bond acceptors (Lipinski definition) is 5. The van der Waals surface area contributed by atoms with E-state index < -0.39 is 0 Å². The second kappa shape index (κ2) is 11.5. The summed E-state index contributed by atoms with van der Waals surface area (Å²) in [5.74, 6) is 1.80. The Balaban J connectivity index is 1.44. The fourth-order valence-corrected chi connectivity index (χ4v) is 4.60. The van der Waals surface area contributed by atoms with Gasteiger partial charge in [-0.1, -0.05) is 72.4 Å². The lowest BCUT2D eigenvalue weighted by atomic mass is 9.99. The largest absolute Gasteiger partial charge is 0.497 e. The van der Waals surface area contributed by atoms with Crippen LogP contribution >= 0.6 is 11.8 Å². The van der Waals surface area contributed by atoms with Gasteiger partial charge in [0, 0.05) is 12.1 Å². The van der Waals surface area contributed by atoms with Crippen molar-refractivity contribution in [3.8, 4) is 17.1 Å². The lowest BCUT2D eigenvalue weighted by molar-refractivity contribution is -0.119. The average molecular weight is 473 g/mol. The van der Waals surface area contributed by atoms with Crippen LogP contribution in [-0.2, 0) is 17.8 Å².